The summed E-state index contributed by atoms with van der Waals surface area (Å²) in [6.45, 7) is 5.21. The zero-order valence-electron chi connectivity index (χ0n) is 10.6. The Balaban J connectivity index is 2.69. The molecule has 1 saturated heterocycles. The molecule has 0 unspecified atom stereocenters. The Morgan fingerprint density at radius 3 is 2.47 bits per heavy atom. The third kappa shape index (κ3) is 3.43. The molecule has 5 nitrogen and oxygen atoms in total. The van der Waals surface area contributed by atoms with Crippen LogP contribution in [0.5, 0.6) is 0 Å². The van der Waals surface area contributed by atoms with E-state index in [2.05, 4.69) is 17.6 Å². The lowest BCUT2D eigenvalue weighted by Crippen LogP contribution is -2.51. The van der Waals surface area contributed by atoms with Crippen LogP contribution in [0.2, 0.25) is 0 Å². The van der Waals surface area contributed by atoms with E-state index in [1.165, 1.54) is 6.92 Å². The van der Waals surface area contributed by atoms with Gasteiger partial charge in [0, 0.05) is 0 Å². The topological polar surface area (TPSA) is 78.4 Å². The summed E-state index contributed by atoms with van der Waals surface area (Å²) in [6, 6.07) is -0.814. The van der Waals surface area contributed by atoms with Crippen LogP contribution in [0.15, 0.2) is 0 Å². The van der Waals surface area contributed by atoms with Crippen molar-refractivity contribution in [3.05, 3.63) is 0 Å². The molecule has 98 valence electrons. The van der Waals surface area contributed by atoms with E-state index in [0.717, 1.165) is 38.8 Å². The number of rotatable bonds is 5. The fraction of sp³-hybridized carbons (Fsp3) is 0.833. The average molecular weight is 242 g/mol. The van der Waals surface area contributed by atoms with E-state index in [0.29, 0.717) is 0 Å². The maximum atomic E-state index is 12.2. The van der Waals surface area contributed by atoms with E-state index in [-0.39, 0.29) is 11.3 Å². The second kappa shape index (κ2) is 6.00. The third-order valence-electron chi connectivity index (χ3n) is 3.49. The number of carbonyl (C=O) groups excluding carboxylic acids is 1. The van der Waals surface area contributed by atoms with Gasteiger partial charge in [0.1, 0.15) is 6.04 Å². The number of carboxylic acid groups (broad SMARTS) is 1. The third-order valence-corrected chi connectivity index (χ3v) is 3.49. The molecule has 1 amide bonds. The fourth-order valence-corrected chi connectivity index (χ4v) is 2.39. The van der Waals surface area contributed by atoms with Crippen LogP contribution < -0.4 is 10.6 Å². The Bertz CT molecular complexity index is 280. The van der Waals surface area contributed by atoms with Crippen molar-refractivity contribution < 1.29 is 14.7 Å². The van der Waals surface area contributed by atoms with Crippen LogP contribution in [0.1, 0.15) is 39.5 Å². The first-order valence-corrected chi connectivity index (χ1v) is 6.26. The highest BCUT2D eigenvalue weighted by Crippen LogP contribution is 2.34. The first-order chi connectivity index (χ1) is 8.02. The lowest BCUT2D eigenvalue weighted by atomic mass is 9.74. The van der Waals surface area contributed by atoms with Gasteiger partial charge in [0.25, 0.3) is 0 Å². The summed E-state index contributed by atoms with van der Waals surface area (Å²) in [6.07, 6.45) is 3.35. The molecule has 1 aliphatic heterocycles. The molecule has 1 atom stereocenters. The molecule has 17 heavy (non-hydrogen) atoms. The quantitative estimate of drug-likeness (QED) is 0.664. The van der Waals surface area contributed by atoms with Crippen LogP contribution in [0, 0.1) is 5.41 Å². The van der Waals surface area contributed by atoms with Gasteiger partial charge in [0.15, 0.2) is 0 Å². The fourth-order valence-electron chi connectivity index (χ4n) is 2.39. The molecule has 0 saturated carbocycles. The van der Waals surface area contributed by atoms with E-state index >= 15 is 0 Å². The zero-order valence-corrected chi connectivity index (χ0v) is 10.6. The molecule has 1 aliphatic rings. The summed E-state index contributed by atoms with van der Waals surface area (Å²) in [5.41, 5.74) is -0.371. The Kier molecular flexibility index (Phi) is 4.93. The van der Waals surface area contributed by atoms with Crippen LogP contribution >= 0.6 is 0 Å². The van der Waals surface area contributed by atoms with Gasteiger partial charge in [0.05, 0.1) is 5.41 Å². The number of carboxylic acids is 1. The second-order valence-corrected chi connectivity index (χ2v) is 4.81. The van der Waals surface area contributed by atoms with Gasteiger partial charge in [-0.3, -0.25) is 9.59 Å². The molecule has 0 spiro atoms. The number of aliphatic carboxylic acids is 1. The van der Waals surface area contributed by atoms with Crippen molar-refractivity contribution in [2.75, 3.05) is 13.1 Å². The van der Waals surface area contributed by atoms with Crippen LogP contribution in [0.4, 0.5) is 0 Å². The lowest BCUT2D eigenvalue weighted by molar-refractivity contribution is -0.144. The van der Waals surface area contributed by atoms with Gasteiger partial charge in [-0.05, 0) is 39.3 Å². The van der Waals surface area contributed by atoms with E-state index in [1.54, 1.807) is 0 Å². The van der Waals surface area contributed by atoms with Gasteiger partial charge in [-0.25, -0.2) is 0 Å². The minimum atomic E-state index is -0.987. The Hall–Kier alpha value is -1.10. The van der Waals surface area contributed by atoms with Crippen molar-refractivity contribution in [1.29, 1.82) is 0 Å². The van der Waals surface area contributed by atoms with Crippen LogP contribution in [-0.4, -0.2) is 36.1 Å². The van der Waals surface area contributed by atoms with E-state index < -0.39 is 12.0 Å². The van der Waals surface area contributed by atoms with Gasteiger partial charge in [-0.15, -0.1) is 0 Å². The molecule has 0 aliphatic carbocycles. The monoisotopic (exact) mass is 242 g/mol. The predicted molar refractivity (Wildman–Crippen MR) is 64.7 cm³/mol. The van der Waals surface area contributed by atoms with Gasteiger partial charge in [0.2, 0.25) is 5.91 Å². The Labute approximate surface area is 102 Å². The Morgan fingerprint density at radius 2 is 2.00 bits per heavy atom. The number of amides is 1. The van der Waals surface area contributed by atoms with Crippen molar-refractivity contribution in [3.63, 3.8) is 0 Å². The predicted octanol–water partition coefficient (Wildman–Crippen LogP) is 0.746. The molecule has 0 bridgehead atoms. The van der Waals surface area contributed by atoms with Crippen LogP contribution in [0.3, 0.4) is 0 Å². The molecule has 5 heteroatoms. The maximum absolute atomic E-state index is 12.2. The number of hydrogen-bond donors (Lipinski definition) is 3. The normalized spacial score (nSPS) is 20.6. The smallest absolute Gasteiger partial charge is 0.325 e. The molecule has 0 aromatic rings. The first kappa shape index (κ1) is 14.0. The highest BCUT2D eigenvalue weighted by molar-refractivity contribution is 5.87. The molecule has 1 heterocycles. The van der Waals surface area contributed by atoms with Gasteiger partial charge in [-0.2, -0.15) is 0 Å². The SMILES string of the molecule is CCCC1(C(=O)N[C@H](C)C(=O)O)CCNCC1. The summed E-state index contributed by atoms with van der Waals surface area (Å²) < 4.78 is 0. The molecular formula is C12H22N2O3. The minimum Gasteiger partial charge on any atom is -0.480 e. The van der Waals surface area contributed by atoms with Gasteiger partial charge >= 0.3 is 5.97 Å². The van der Waals surface area contributed by atoms with Crippen LogP contribution in [-0.2, 0) is 9.59 Å². The zero-order chi connectivity index (χ0) is 12.9. The summed E-state index contributed by atoms with van der Waals surface area (Å²) in [5.74, 6) is -1.09. The Morgan fingerprint density at radius 1 is 1.41 bits per heavy atom. The molecule has 0 radical (unpaired) electrons. The summed E-state index contributed by atoms with van der Waals surface area (Å²) >= 11 is 0. The largest absolute Gasteiger partial charge is 0.480 e. The highest BCUT2D eigenvalue weighted by Gasteiger charge is 2.39. The maximum Gasteiger partial charge on any atom is 0.325 e. The number of nitrogens with one attached hydrogen (secondary N) is 2. The van der Waals surface area contributed by atoms with Crippen LogP contribution in [0.25, 0.3) is 0 Å². The molecular weight excluding hydrogens is 220 g/mol. The minimum absolute atomic E-state index is 0.101. The first-order valence-electron chi connectivity index (χ1n) is 6.26. The summed E-state index contributed by atoms with van der Waals surface area (Å²) in [5, 5.41) is 14.7. The van der Waals surface area contributed by atoms with Crippen molar-refractivity contribution >= 4 is 11.9 Å². The van der Waals surface area contributed by atoms with Crippen molar-refractivity contribution in [1.82, 2.24) is 10.6 Å². The van der Waals surface area contributed by atoms with E-state index in [9.17, 15) is 9.59 Å². The summed E-state index contributed by atoms with van der Waals surface area (Å²) in [4.78, 5) is 23.0. The molecule has 1 fully saturated rings. The second-order valence-electron chi connectivity index (χ2n) is 4.81. The van der Waals surface area contributed by atoms with Crippen molar-refractivity contribution in [3.8, 4) is 0 Å². The van der Waals surface area contributed by atoms with Gasteiger partial charge < -0.3 is 15.7 Å². The standard InChI is InChI=1S/C12H22N2O3/c1-3-4-12(5-7-13-8-6-12)11(17)14-9(2)10(15)16/h9,13H,3-8H2,1-2H3,(H,14,17)(H,15,16)/t9-/m1/s1. The average Bonchev–Trinajstić information content (AvgIpc) is 2.30. The van der Waals surface area contributed by atoms with Gasteiger partial charge in [-0.1, -0.05) is 13.3 Å². The number of hydrogen-bond acceptors (Lipinski definition) is 3. The summed E-state index contributed by atoms with van der Waals surface area (Å²) in [7, 11) is 0. The van der Waals surface area contributed by atoms with E-state index in [4.69, 9.17) is 5.11 Å². The van der Waals surface area contributed by atoms with Crippen molar-refractivity contribution in [2.45, 2.75) is 45.6 Å². The molecule has 0 aromatic carbocycles. The lowest BCUT2D eigenvalue weighted by Gasteiger charge is -2.36. The highest BCUT2D eigenvalue weighted by atomic mass is 16.4. The number of piperidine rings is 1. The molecule has 0 aromatic heterocycles. The van der Waals surface area contributed by atoms with E-state index in [1.807, 2.05) is 0 Å². The molecule has 1 rings (SSSR count). The van der Waals surface area contributed by atoms with Crippen molar-refractivity contribution in [2.24, 2.45) is 5.41 Å². The molecule has 3 N–H and O–H groups in total. The number of carbonyl (C=O) groups is 2.